The smallest absolute Gasteiger partial charge is 0.311 e. The van der Waals surface area contributed by atoms with Crippen LogP contribution in [0.25, 0.3) is 0 Å². The predicted molar refractivity (Wildman–Crippen MR) is 217 cm³/mol. The van der Waals surface area contributed by atoms with Crippen LogP contribution >= 0.6 is 0 Å². The minimum atomic E-state index is -1.77. The highest BCUT2D eigenvalue weighted by Crippen LogP contribution is 2.43. The van der Waals surface area contributed by atoms with Crippen LogP contribution in [0.4, 0.5) is 0 Å². The van der Waals surface area contributed by atoms with E-state index in [1.807, 2.05) is 60.5 Å². The fourth-order valence-corrected chi connectivity index (χ4v) is 9.93. The van der Waals surface area contributed by atoms with Gasteiger partial charge in [-0.25, -0.2) is 0 Å². The number of aliphatic hydroxyl groups is 2. The van der Waals surface area contributed by atoms with Gasteiger partial charge in [-0.1, -0.05) is 39.4 Å². The third-order valence-electron chi connectivity index (χ3n) is 13.2. The molecule has 2 bridgehead atoms. The number of hydrogen-bond acceptors (Lipinski definition) is 16. The van der Waals surface area contributed by atoms with Crippen molar-refractivity contribution >= 4 is 17.7 Å². The minimum Gasteiger partial charge on any atom is -0.459 e. The largest absolute Gasteiger partial charge is 0.459 e. The van der Waals surface area contributed by atoms with Crippen LogP contribution in [0.5, 0.6) is 0 Å². The summed E-state index contributed by atoms with van der Waals surface area (Å²) in [5, 5.41) is 38.6. The van der Waals surface area contributed by atoms with Crippen LogP contribution in [0.2, 0.25) is 0 Å². The number of likely N-dealkylation sites (N-methyl/N-ethyl adjacent to an activating group) is 1. The molecule has 4 fully saturated rings. The normalized spacial score (nSPS) is 46.5. The van der Waals surface area contributed by atoms with Gasteiger partial charge in [-0.3, -0.25) is 9.59 Å². The van der Waals surface area contributed by atoms with E-state index in [1.54, 1.807) is 27.7 Å². The Kier molecular flexibility index (Phi) is 16.6. The van der Waals surface area contributed by atoms with Gasteiger partial charge in [0.1, 0.15) is 23.4 Å². The average Bonchev–Trinajstić information content (AvgIpc) is 3.16. The van der Waals surface area contributed by atoms with Gasteiger partial charge in [0.15, 0.2) is 18.7 Å². The number of fused-ring (bicyclic) bond motifs is 5. The highest BCUT2D eigenvalue weighted by Gasteiger charge is 2.55. The van der Waals surface area contributed by atoms with Gasteiger partial charge in [0.2, 0.25) is 0 Å². The first kappa shape index (κ1) is 49.4. The van der Waals surface area contributed by atoms with Crippen LogP contribution in [0.15, 0.2) is 17.3 Å². The number of oxime groups is 1. The van der Waals surface area contributed by atoms with E-state index in [0.29, 0.717) is 17.7 Å². The van der Waals surface area contributed by atoms with Crippen molar-refractivity contribution in [1.29, 1.82) is 0 Å². The zero-order valence-electron chi connectivity index (χ0n) is 37.8. The first-order valence-corrected chi connectivity index (χ1v) is 21.2. The average molecular weight is 843 g/mol. The molecule has 16 nitrogen and oxygen atoms in total. The second-order valence-corrected chi connectivity index (χ2v) is 18.5. The van der Waals surface area contributed by atoms with E-state index in [-0.39, 0.29) is 44.6 Å². The summed E-state index contributed by atoms with van der Waals surface area (Å²) in [5.74, 6) is -4.03. The third-order valence-corrected chi connectivity index (χ3v) is 13.2. The van der Waals surface area contributed by atoms with Gasteiger partial charge < -0.3 is 63.0 Å². The zero-order valence-corrected chi connectivity index (χ0v) is 37.8. The van der Waals surface area contributed by atoms with Crippen molar-refractivity contribution < 1.29 is 67.6 Å². The number of carbonyl (C=O) groups excluding carboxylic acids is 2. The molecule has 4 aliphatic rings. The molecule has 4 saturated heterocycles. The van der Waals surface area contributed by atoms with Crippen LogP contribution in [0.3, 0.4) is 0 Å². The topological polar surface area (TPSA) is 193 Å². The first-order chi connectivity index (χ1) is 27.4. The molecule has 18 atom stereocenters. The molecular weight excluding hydrogens is 768 g/mol. The Morgan fingerprint density at radius 1 is 1.00 bits per heavy atom. The molecular formula is C43H74N2O14. The van der Waals surface area contributed by atoms with Gasteiger partial charge in [0.05, 0.1) is 61.0 Å². The third kappa shape index (κ3) is 10.9. The van der Waals surface area contributed by atoms with Crippen molar-refractivity contribution in [3.63, 3.8) is 0 Å². The molecule has 16 heteroatoms. The summed E-state index contributed by atoms with van der Waals surface area (Å²) in [6.45, 7) is 23.6. The van der Waals surface area contributed by atoms with Crippen molar-refractivity contribution in [1.82, 2.24) is 4.90 Å². The molecule has 4 heterocycles. The number of ether oxygens (including phenoxy) is 9. The number of cyclic esters (lactones) is 1. The number of rotatable bonds is 8. The van der Waals surface area contributed by atoms with E-state index in [2.05, 4.69) is 11.7 Å². The minimum absolute atomic E-state index is 0.0157. The standard InChI is InChI=1S/C43H74N2O14/c1-16-31-43(12,49)37-25(5)33(44-50)23(3)18-42(11,53-21-22(2)20-52-37)36(59-40-34(47)30(45(13)14)17-24(4)54-40)26(6)35(27(7)39(48)57-31)58-32-19-41(10,51-15)38(28(8)55-32)56-29(9)46/h23-28,30-32,34-38,40,47,49-50H,2,16-21H2,1,3-15H3/b44-33+/t23-,24-,25-,26+,27-,28+,30+,31+,32+,34-,35+,36-,37+,38+,40+,41-,42-,43-/m1/s1. The van der Waals surface area contributed by atoms with Crippen LogP contribution in [0.1, 0.15) is 102 Å². The Morgan fingerprint density at radius 2 is 1.66 bits per heavy atom. The summed E-state index contributed by atoms with van der Waals surface area (Å²) in [7, 11) is 5.31. The maximum atomic E-state index is 14.6. The first-order valence-electron chi connectivity index (χ1n) is 21.2. The van der Waals surface area contributed by atoms with Crippen molar-refractivity contribution in [2.24, 2.45) is 28.8 Å². The highest BCUT2D eigenvalue weighted by molar-refractivity contribution is 5.88. The molecule has 0 unspecified atom stereocenters. The fraction of sp³-hybridized carbons (Fsp3) is 0.884. The quantitative estimate of drug-likeness (QED) is 0.136. The van der Waals surface area contributed by atoms with Crippen molar-refractivity contribution in [3.8, 4) is 0 Å². The lowest BCUT2D eigenvalue weighted by atomic mass is 9.73. The number of carbonyl (C=O) groups is 2. The van der Waals surface area contributed by atoms with E-state index >= 15 is 0 Å². The summed E-state index contributed by atoms with van der Waals surface area (Å²) in [6, 6.07) is -0.297. The molecule has 0 aliphatic carbocycles. The second-order valence-electron chi connectivity index (χ2n) is 18.5. The van der Waals surface area contributed by atoms with E-state index in [4.69, 9.17) is 42.6 Å². The van der Waals surface area contributed by atoms with Crippen LogP contribution in [-0.2, 0) is 52.2 Å². The van der Waals surface area contributed by atoms with Gasteiger partial charge in [0.25, 0.3) is 0 Å². The lowest BCUT2D eigenvalue weighted by Crippen LogP contribution is -2.62. The maximum Gasteiger partial charge on any atom is 0.311 e. The van der Waals surface area contributed by atoms with E-state index in [1.165, 1.54) is 14.0 Å². The Bertz CT molecular complexity index is 1480. The Morgan fingerprint density at radius 3 is 2.24 bits per heavy atom. The molecule has 0 aromatic heterocycles. The van der Waals surface area contributed by atoms with Gasteiger partial charge >= 0.3 is 11.9 Å². The molecule has 4 rings (SSSR count). The predicted octanol–water partition coefficient (Wildman–Crippen LogP) is 4.24. The van der Waals surface area contributed by atoms with Gasteiger partial charge in [-0.15, -0.1) is 0 Å². The molecule has 0 aromatic carbocycles. The fourth-order valence-electron chi connectivity index (χ4n) is 9.93. The lowest BCUT2D eigenvalue weighted by Gasteiger charge is -2.50. The molecule has 4 aliphatic heterocycles. The molecule has 0 spiro atoms. The summed E-state index contributed by atoms with van der Waals surface area (Å²) >= 11 is 0. The lowest BCUT2D eigenvalue weighted by molar-refractivity contribution is -0.320. The van der Waals surface area contributed by atoms with Gasteiger partial charge in [-0.2, -0.15) is 0 Å². The van der Waals surface area contributed by atoms with Crippen LogP contribution < -0.4 is 0 Å². The van der Waals surface area contributed by atoms with Gasteiger partial charge in [-0.05, 0) is 80.5 Å². The van der Waals surface area contributed by atoms with E-state index < -0.39 is 108 Å². The molecule has 3 N–H and O–H groups in total. The van der Waals surface area contributed by atoms with Gasteiger partial charge in [0, 0.05) is 44.2 Å². The Labute approximate surface area is 351 Å². The number of nitrogens with zero attached hydrogens (tertiary/aromatic N) is 2. The highest BCUT2D eigenvalue weighted by atomic mass is 16.7. The molecule has 340 valence electrons. The van der Waals surface area contributed by atoms with Crippen LogP contribution in [-0.4, -0.2) is 157 Å². The molecule has 0 saturated carbocycles. The van der Waals surface area contributed by atoms with Crippen molar-refractivity contribution in [2.45, 2.75) is 186 Å². The maximum absolute atomic E-state index is 14.6. The second kappa shape index (κ2) is 19.9. The number of methoxy groups -OCH3 is 1. The zero-order chi connectivity index (χ0) is 44.4. The summed E-state index contributed by atoms with van der Waals surface area (Å²) in [6.07, 6.45) is -7.79. The molecule has 0 radical (unpaired) electrons. The Balaban J connectivity index is 1.95. The number of hydrogen-bond donors (Lipinski definition) is 3. The summed E-state index contributed by atoms with van der Waals surface area (Å²) in [5.41, 5.74) is -3.16. The summed E-state index contributed by atoms with van der Waals surface area (Å²) < 4.78 is 57.9. The van der Waals surface area contributed by atoms with E-state index in [9.17, 15) is 25.0 Å². The summed E-state index contributed by atoms with van der Waals surface area (Å²) in [4.78, 5) is 28.7. The number of esters is 2. The molecule has 0 amide bonds. The Hall–Kier alpha value is -2.25. The monoisotopic (exact) mass is 843 g/mol. The molecule has 0 aromatic rings. The SMILES string of the molecule is C=C1CO[C@H]2[C@H](C)/C(=N/O)[C@H](C)C[C@@](C)(OC1)[C@H](O[C@@H]1O[C@H](C)C[C@H](N(C)C)[C@H]1O)[C@@H](C)[C@H](O[C@H]1C[C@@](C)(OC)[C@@H](OC(C)=O)[C@H](C)O1)[C@@H](C)C(=O)O[C@@H](CC)[C@@]2(C)O. The number of aliphatic hydroxyl groups excluding tert-OH is 1. The van der Waals surface area contributed by atoms with Crippen molar-refractivity contribution in [3.05, 3.63) is 12.2 Å². The van der Waals surface area contributed by atoms with Crippen molar-refractivity contribution in [2.75, 3.05) is 34.4 Å². The van der Waals surface area contributed by atoms with E-state index in [0.717, 1.165) is 0 Å². The molecule has 59 heavy (non-hydrogen) atoms. The van der Waals surface area contributed by atoms with Crippen LogP contribution in [0, 0.1) is 23.7 Å².